The van der Waals surface area contributed by atoms with E-state index in [-0.39, 0.29) is 11.5 Å². The molecular weight excluding hydrogens is 646 g/mol. The third-order valence-electron chi connectivity index (χ3n) is 7.11. The lowest BCUT2D eigenvalue weighted by molar-refractivity contribution is 0.00328. The van der Waals surface area contributed by atoms with Gasteiger partial charge in [0.15, 0.2) is 0 Å². The summed E-state index contributed by atoms with van der Waals surface area (Å²) < 4.78 is 31.8. The Bertz CT molecular complexity index is 1440. The lowest BCUT2D eigenvalue weighted by atomic mass is 10.2. The Morgan fingerprint density at radius 2 is 1.40 bits per heavy atom. The van der Waals surface area contributed by atoms with Gasteiger partial charge in [0.05, 0.1) is 57.6 Å². The van der Waals surface area contributed by atoms with Gasteiger partial charge in [-0.05, 0) is 74.7 Å². The van der Waals surface area contributed by atoms with Crippen molar-refractivity contribution in [2.45, 2.75) is 26.2 Å². The molecule has 0 saturated heterocycles. The molecule has 0 radical (unpaired) electrons. The second-order valence-corrected chi connectivity index (χ2v) is 10.9. The molecule has 50 heavy (non-hydrogen) atoms. The molecule has 0 aliphatic carbocycles. The monoisotopic (exact) mass is 697 g/mol. The van der Waals surface area contributed by atoms with Crippen molar-refractivity contribution in [2.24, 2.45) is 10.2 Å². The van der Waals surface area contributed by atoms with Gasteiger partial charge in [-0.2, -0.15) is 10.2 Å². The molecule has 0 atom stereocenters. The maximum Gasteiger partial charge on any atom is 0.321 e. The first-order valence-electron chi connectivity index (χ1n) is 16.9. The number of likely N-dealkylation sites (N-methyl/N-ethyl adjacent to an activating group) is 1. The van der Waals surface area contributed by atoms with E-state index in [2.05, 4.69) is 35.7 Å². The van der Waals surface area contributed by atoms with Crippen LogP contribution in [0.25, 0.3) is 0 Å². The smallest absolute Gasteiger partial charge is 0.321 e. The SMILES string of the molecule is CCN(CCNC(=O)Nc1nc(CCCCOCCOCCOCCOC)cc(=O)[nH]1)c1ccc(N=Nc2ccc(OCCOC)cc2)cc1. The average Bonchev–Trinajstić information content (AvgIpc) is 3.12. The summed E-state index contributed by atoms with van der Waals surface area (Å²) in [6.45, 7) is 8.50. The van der Waals surface area contributed by atoms with Crippen molar-refractivity contribution in [3.05, 3.63) is 70.6 Å². The third kappa shape index (κ3) is 16.8. The first-order chi connectivity index (χ1) is 24.5. The number of azo groups is 1. The first kappa shape index (κ1) is 40.0. The fraction of sp³-hybridized carbons (Fsp3) is 0.514. The molecule has 0 aliphatic heterocycles. The van der Waals surface area contributed by atoms with E-state index in [0.717, 1.165) is 42.2 Å². The largest absolute Gasteiger partial charge is 0.491 e. The highest BCUT2D eigenvalue weighted by Gasteiger charge is 2.09. The van der Waals surface area contributed by atoms with Gasteiger partial charge in [-0.1, -0.05) is 0 Å². The van der Waals surface area contributed by atoms with Gasteiger partial charge in [0.25, 0.3) is 5.56 Å². The van der Waals surface area contributed by atoms with Gasteiger partial charge in [0.2, 0.25) is 5.95 Å². The van der Waals surface area contributed by atoms with Crippen LogP contribution in [0.1, 0.15) is 25.5 Å². The molecule has 2 amide bonds. The van der Waals surface area contributed by atoms with Crippen LogP contribution in [0.4, 0.5) is 27.8 Å². The highest BCUT2D eigenvalue weighted by molar-refractivity contribution is 5.87. The lowest BCUT2D eigenvalue weighted by Crippen LogP contribution is -2.37. The highest BCUT2D eigenvalue weighted by Crippen LogP contribution is 2.23. The van der Waals surface area contributed by atoms with E-state index in [4.69, 9.17) is 28.4 Å². The summed E-state index contributed by atoms with van der Waals surface area (Å²) in [4.78, 5) is 33.8. The molecule has 3 N–H and O–H groups in total. The minimum Gasteiger partial charge on any atom is -0.491 e. The number of carbonyl (C=O) groups is 1. The number of ether oxygens (including phenoxy) is 6. The number of unbranched alkanes of at least 4 members (excludes halogenated alkanes) is 1. The van der Waals surface area contributed by atoms with Crippen molar-refractivity contribution in [3.63, 3.8) is 0 Å². The van der Waals surface area contributed by atoms with Crippen LogP contribution in [-0.2, 0) is 30.1 Å². The molecule has 0 fully saturated rings. The zero-order chi connectivity index (χ0) is 35.7. The highest BCUT2D eigenvalue weighted by atomic mass is 16.6. The van der Waals surface area contributed by atoms with Crippen LogP contribution in [0.5, 0.6) is 5.75 Å². The normalized spacial score (nSPS) is 11.2. The van der Waals surface area contributed by atoms with Crippen molar-refractivity contribution in [3.8, 4) is 5.75 Å². The quantitative estimate of drug-likeness (QED) is 0.0776. The molecule has 0 aliphatic rings. The predicted octanol–water partition coefficient (Wildman–Crippen LogP) is 4.88. The minimum absolute atomic E-state index is 0.105. The second kappa shape index (κ2) is 24.7. The summed E-state index contributed by atoms with van der Waals surface area (Å²) in [5, 5.41) is 14.1. The number of carbonyl (C=O) groups excluding carboxylic acids is 1. The van der Waals surface area contributed by atoms with Gasteiger partial charge >= 0.3 is 6.03 Å². The molecule has 1 aromatic heterocycles. The number of nitrogens with zero attached hydrogens (tertiary/aromatic N) is 4. The molecule has 1 heterocycles. The Hall–Kier alpha value is -4.41. The minimum atomic E-state index is -0.455. The molecule has 0 unspecified atom stereocenters. The Labute approximate surface area is 293 Å². The summed E-state index contributed by atoms with van der Waals surface area (Å²) in [7, 11) is 3.27. The topological polar surface area (TPSA) is 170 Å². The number of hydrogen-bond donors (Lipinski definition) is 3. The van der Waals surface area contributed by atoms with Crippen LogP contribution in [0.15, 0.2) is 69.6 Å². The number of methoxy groups -OCH3 is 2. The number of amides is 2. The Morgan fingerprint density at radius 3 is 2.04 bits per heavy atom. The lowest BCUT2D eigenvalue weighted by Gasteiger charge is -2.23. The van der Waals surface area contributed by atoms with Gasteiger partial charge in [0, 0.05) is 57.9 Å². The van der Waals surface area contributed by atoms with E-state index in [0.29, 0.717) is 84.7 Å². The molecule has 15 nitrogen and oxygen atoms in total. The predicted molar refractivity (Wildman–Crippen MR) is 191 cm³/mol. The van der Waals surface area contributed by atoms with Crippen LogP contribution in [0, 0.1) is 0 Å². The number of anilines is 2. The number of nitrogens with one attached hydrogen (secondary N) is 3. The fourth-order valence-corrected chi connectivity index (χ4v) is 4.51. The van der Waals surface area contributed by atoms with Gasteiger partial charge in [-0.3, -0.25) is 15.1 Å². The number of H-pyrrole nitrogens is 1. The second-order valence-electron chi connectivity index (χ2n) is 10.9. The number of urea groups is 1. The number of hydrogen-bond acceptors (Lipinski definition) is 12. The van der Waals surface area contributed by atoms with Crippen LogP contribution < -0.4 is 25.8 Å². The van der Waals surface area contributed by atoms with Crippen molar-refractivity contribution in [1.29, 1.82) is 0 Å². The van der Waals surface area contributed by atoms with Gasteiger partial charge in [0.1, 0.15) is 12.4 Å². The van der Waals surface area contributed by atoms with Gasteiger partial charge in [-0.25, -0.2) is 9.78 Å². The fourth-order valence-electron chi connectivity index (χ4n) is 4.51. The molecule has 2 aromatic carbocycles. The molecule has 0 spiro atoms. The van der Waals surface area contributed by atoms with Crippen LogP contribution in [-0.4, -0.2) is 109 Å². The third-order valence-corrected chi connectivity index (χ3v) is 7.11. The summed E-state index contributed by atoms with van der Waals surface area (Å²) >= 11 is 0. The van der Waals surface area contributed by atoms with E-state index in [1.54, 1.807) is 14.2 Å². The Kier molecular flexibility index (Phi) is 19.8. The molecule has 0 bridgehead atoms. The van der Waals surface area contributed by atoms with Gasteiger partial charge in [-0.15, -0.1) is 0 Å². The molecular formula is C35H51N7O8. The standard InChI is InChI=1S/C35H51N7O8/c1-4-42(31-12-8-28(9-13-31)40-41-29-10-14-32(15-11-29)50-26-20-46-3)17-16-36-35(44)39-34-37-30(27-33(43)38-34)7-5-6-18-47-22-23-49-25-24-48-21-19-45-2/h8-15,27H,4-7,16-26H2,1-3H3,(H3,36,37,38,39,43,44). The number of rotatable bonds is 26. The molecule has 0 saturated carbocycles. The number of aromatic amines is 1. The van der Waals surface area contributed by atoms with E-state index in [1.807, 2.05) is 55.5 Å². The van der Waals surface area contributed by atoms with Crippen LogP contribution >= 0.6 is 0 Å². The zero-order valence-corrected chi connectivity index (χ0v) is 29.4. The maximum atomic E-state index is 12.6. The van der Waals surface area contributed by atoms with Crippen molar-refractivity contribution < 1.29 is 33.2 Å². The molecule has 15 heteroatoms. The Balaban J connectivity index is 1.32. The summed E-state index contributed by atoms with van der Waals surface area (Å²) in [6.07, 6.45) is 2.18. The summed E-state index contributed by atoms with van der Waals surface area (Å²) in [5.74, 6) is 0.852. The van der Waals surface area contributed by atoms with Gasteiger partial charge < -0.3 is 38.6 Å². The van der Waals surface area contributed by atoms with E-state index in [9.17, 15) is 9.59 Å². The van der Waals surface area contributed by atoms with E-state index >= 15 is 0 Å². The van der Waals surface area contributed by atoms with Crippen LogP contribution in [0.3, 0.4) is 0 Å². The number of benzene rings is 2. The molecule has 3 rings (SSSR count). The maximum absolute atomic E-state index is 12.6. The summed E-state index contributed by atoms with van der Waals surface area (Å²) in [5.41, 5.74) is 2.70. The van der Waals surface area contributed by atoms with Crippen molar-refractivity contribution in [2.75, 3.05) is 104 Å². The van der Waals surface area contributed by atoms with Crippen LogP contribution in [0.2, 0.25) is 0 Å². The average molecular weight is 698 g/mol. The van der Waals surface area contributed by atoms with Crippen molar-refractivity contribution >= 4 is 29.0 Å². The molecule has 3 aromatic rings. The van der Waals surface area contributed by atoms with E-state index < -0.39 is 6.03 Å². The first-order valence-corrected chi connectivity index (χ1v) is 16.9. The molecule has 274 valence electrons. The number of aryl methyl sites for hydroxylation is 1. The summed E-state index contributed by atoms with van der Waals surface area (Å²) in [6, 6.07) is 16.1. The zero-order valence-electron chi connectivity index (χ0n) is 29.4. The van der Waals surface area contributed by atoms with E-state index in [1.165, 1.54) is 6.07 Å². The Morgan fingerprint density at radius 1 is 0.800 bits per heavy atom. The van der Waals surface area contributed by atoms with Crippen molar-refractivity contribution in [1.82, 2.24) is 15.3 Å². The number of aromatic nitrogens is 2.